The van der Waals surface area contributed by atoms with Gasteiger partial charge in [-0.3, -0.25) is 19.3 Å². The highest BCUT2D eigenvalue weighted by Crippen LogP contribution is 2.59. The lowest BCUT2D eigenvalue weighted by atomic mass is 9.47. The fourth-order valence-corrected chi connectivity index (χ4v) is 7.29. The number of nitrogens with one attached hydrogen (secondary N) is 1. The molecule has 0 saturated heterocycles. The quantitative estimate of drug-likeness (QED) is 0.141. The third-order valence-electron chi connectivity index (χ3n) is 9.21. The first-order chi connectivity index (χ1) is 22.4. The second-order valence-electron chi connectivity index (χ2n) is 12.5. The number of amides is 1. The van der Waals surface area contributed by atoms with Crippen molar-refractivity contribution in [2.24, 2.45) is 22.6 Å². The maximum absolute atomic E-state index is 14.6. The number of likely N-dealkylation sites (N-methyl/N-ethyl adjacent to an activating group) is 1. The van der Waals surface area contributed by atoms with Crippen LogP contribution in [0.3, 0.4) is 0 Å². The Morgan fingerprint density at radius 1 is 1.21 bits per heavy atom. The van der Waals surface area contributed by atoms with Crippen molar-refractivity contribution in [2.75, 3.05) is 45.0 Å². The summed E-state index contributed by atoms with van der Waals surface area (Å²) < 4.78 is 10.2. The van der Waals surface area contributed by atoms with Crippen molar-refractivity contribution >= 4 is 40.9 Å². The first-order valence-corrected chi connectivity index (χ1v) is 14.7. The zero-order valence-corrected chi connectivity index (χ0v) is 26.9. The number of fused-ring (bicyclic) bond motifs is 3. The van der Waals surface area contributed by atoms with Gasteiger partial charge in [0.1, 0.15) is 29.1 Å². The van der Waals surface area contributed by atoms with Gasteiger partial charge in [0.25, 0.3) is 11.9 Å². The topological polar surface area (TPSA) is 285 Å². The third kappa shape index (κ3) is 4.52. The van der Waals surface area contributed by atoms with E-state index in [9.17, 15) is 39.8 Å². The minimum absolute atomic E-state index is 0.0716. The summed E-state index contributed by atoms with van der Waals surface area (Å²) in [6.45, 7) is 1.63. The van der Waals surface area contributed by atoms with Crippen LogP contribution >= 0.6 is 0 Å². The van der Waals surface area contributed by atoms with Crippen molar-refractivity contribution in [1.82, 2.24) is 9.88 Å². The van der Waals surface area contributed by atoms with Crippen molar-refractivity contribution in [3.05, 3.63) is 51.6 Å². The number of carbonyl (C=O) groups is 4. The molecule has 1 aromatic heterocycles. The molecule has 2 aromatic rings. The molecule has 1 amide bonds. The van der Waals surface area contributed by atoms with E-state index in [-0.39, 0.29) is 42.4 Å². The lowest BCUT2D eigenvalue weighted by Crippen LogP contribution is -2.80. The largest absolute Gasteiger partial charge is 0.509 e. The minimum atomic E-state index is -2.77. The number of primary amides is 1. The molecule has 10 N–H and O–H groups in total. The minimum Gasteiger partial charge on any atom is -0.509 e. The number of hydrogen-bond acceptors (Lipinski definition) is 16. The lowest BCUT2D eigenvalue weighted by molar-refractivity contribution is -0.139. The van der Waals surface area contributed by atoms with E-state index in [2.05, 4.69) is 10.3 Å². The van der Waals surface area contributed by atoms with Crippen molar-refractivity contribution < 1.29 is 43.7 Å². The van der Waals surface area contributed by atoms with E-state index in [4.69, 9.17) is 26.4 Å². The molecule has 3 aliphatic rings. The summed E-state index contributed by atoms with van der Waals surface area (Å²) in [6, 6.07) is 1.78. The number of rotatable bonds is 8. The van der Waals surface area contributed by atoms with E-state index >= 15 is 0 Å². The van der Waals surface area contributed by atoms with Crippen LogP contribution in [0.5, 0.6) is 5.75 Å². The molecular formula is C31H36N8O9. The van der Waals surface area contributed by atoms with Gasteiger partial charge in [0, 0.05) is 31.9 Å². The van der Waals surface area contributed by atoms with Gasteiger partial charge in [0.2, 0.25) is 0 Å². The Morgan fingerprint density at radius 2 is 1.88 bits per heavy atom. The number of benzene rings is 1. The van der Waals surface area contributed by atoms with Gasteiger partial charge < -0.3 is 51.9 Å². The molecule has 17 heteroatoms. The number of oxazole rings is 1. The molecule has 0 aliphatic heterocycles. The first kappa shape index (κ1) is 33.9. The second-order valence-corrected chi connectivity index (χ2v) is 12.5. The van der Waals surface area contributed by atoms with E-state index in [1.54, 1.807) is 38.1 Å². The molecule has 1 aromatic carbocycles. The van der Waals surface area contributed by atoms with Crippen LogP contribution in [0.1, 0.15) is 40.5 Å². The Bertz CT molecular complexity index is 1890. The number of nitrogens with two attached hydrogens (primary N) is 3. The fraction of sp³-hybridized carbons (Fsp3) is 0.419. The molecular weight excluding hydrogens is 628 g/mol. The summed E-state index contributed by atoms with van der Waals surface area (Å²) >= 11 is 0. The van der Waals surface area contributed by atoms with Crippen LogP contribution in [-0.4, -0.2) is 101 Å². The SMILES string of the molecule is CCOC(=O)c1coc(NCc2cc(N(C)C)c3c(c2O)C(O)=C2C(=O)[C@]4(C#N)C(O)=C(C(N)=O)C(=O)[C@@H](N(C)C)[C@]4(N)C[C@]2(N)C3)n1. The number of hydrogen-bond donors (Lipinski definition) is 7. The van der Waals surface area contributed by atoms with E-state index < -0.39 is 80.8 Å². The summed E-state index contributed by atoms with van der Waals surface area (Å²) in [4.78, 5) is 59.6. The number of ether oxygens (including phenoxy) is 1. The van der Waals surface area contributed by atoms with Crippen molar-refractivity contribution in [3.8, 4) is 11.8 Å². The van der Waals surface area contributed by atoms with Crippen molar-refractivity contribution in [1.29, 1.82) is 5.26 Å². The molecule has 0 spiro atoms. The first-order valence-electron chi connectivity index (χ1n) is 14.7. The molecule has 1 fully saturated rings. The number of nitrogens with zero attached hydrogens (tertiary/aromatic N) is 4. The average Bonchev–Trinajstić information content (AvgIpc) is 3.45. The van der Waals surface area contributed by atoms with Gasteiger partial charge in [-0.25, -0.2) is 4.79 Å². The van der Waals surface area contributed by atoms with E-state index in [1.807, 2.05) is 0 Å². The Balaban J connectivity index is 1.70. The van der Waals surface area contributed by atoms with Gasteiger partial charge in [0.05, 0.1) is 40.9 Å². The Morgan fingerprint density at radius 3 is 2.44 bits per heavy atom. The highest BCUT2D eigenvalue weighted by Gasteiger charge is 2.74. The fourth-order valence-electron chi connectivity index (χ4n) is 7.29. The van der Waals surface area contributed by atoms with Crippen LogP contribution in [0.4, 0.5) is 11.7 Å². The summed E-state index contributed by atoms with van der Waals surface area (Å²) in [6.07, 6.45) is 0.402. The average molecular weight is 665 g/mol. The number of nitriles is 1. The van der Waals surface area contributed by atoms with Crippen LogP contribution in [0.15, 0.2) is 33.7 Å². The zero-order valence-electron chi connectivity index (χ0n) is 26.9. The van der Waals surface area contributed by atoms with Gasteiger partial charge in [-0.1, -0.05) is 0 Å². The van der Waals surface area contributed by atoms with Crippen LogP contribution in [-0.2, 0) is 32.1 Å². The number of aromatic nitrogens is 1. The predicted octanol–water partition coefficient (Wildman–Crippen LogP) is -0.252. The Labute approximate surface area is 274 Å². The molecule has 1 heterocycles. The number of ketones is 2. The maximum Gasteiger partial charge on any atom is 0.360 e. The molecule has 0 radical (unpaired) electrons. The van der Waals surface area contributed by atoms with Crippen molar-refractivity contribution in [2.45, 2.75) is 43.4 Å². The predicted molar refractivity (Wildman–Crippen MR) is 168 cm³/mol. The molecule has 17 nitrogen and oxygen atoms in total. The van der Waals surface area contributed by atoms with E-state index in [0.717, 1.165) is 6.26 Å². The molecule has 0 unspecified atom stereocenters. The zero-order chi connectivity index (χ0) is 35.7. The van der Waals surface area contributed by atoms with Gasteiger partial charge in [-0.2, -0.15) is 10.2 Å². The van der Waals surface area contributed by atoms with Crippen LogP contribution in [0.2, 0.25) is 0 Å². The van der Waals surface area contributed by atoms with Gasteiger partial charge in [-0.15, -0.1) is 0 Å². The number of phenolic OH excluding ortho intramolecular Hbond substituents is 1. The summed E-state index contributed by atoms with van der Waals surface area (Å²) in [7, 11) is 6.30. The Hall–Kier alpha value is -5.44. The maximum atomic E-state index is 14.6. The number of aromatic hydroxyl groups is 1. The number of aliphatic hydroxyl groups excluding tert-OH is 2. The molecule has 3 aliphatic carbocycles. The summed E-state index contributed by atoms with van der Waals surface area (Å²) in [5, 5.41) is 48.2. The van der Waals surface area contributed by atoms with Gasteiger partial charge in [0.15, 0.2) is 22.7 Å². The van der Waals surface area contributed by atoms with Crippen LogP contribution in [0.25, 0.3) is 5.76 Å². The molecule has 48 heavy (non-hydrogen) atoms. The summed E-state index contributed by atoms with van der Waals surface area (Å²) in [5.74, 6) is -6.79. The number of esters is 1. The number of Topliss-reactive ketones (excluding diaryl/α,β-unsaturated/α-hetero) is 2. The van der Waals surface area contributed by atoms with E-state index in [1.165, 1.54) is 19.0 Å². The van der Waals surface area contributed by atoms with Gasteiger partial charge in [-0.05, 0) is 45.5 Å². The number of aliphatic hydroxyl groups is 2. The molecule has 4 atom stereocenters. The monoisotopic (exact) mass is 664 g/mol. The number of anilines is 2. The lowest BCUT2D eigenvalue weighted by Gasteiger charge is -2.58. The third-order valence-corrected chi connectivity index (χ3v) is 9.21. The highest BCUT2D eigenvalue weighted by atomic mass is 16.5. The van der Waals surface area contributed by atoms with Crippen molar-refractivity contribution in [3.63, 3.8) is 0 Å². The highest BCUT2D eigenvalue weighted by molar-refractivity contribution is 6.25. The number of phenols is 1. The molecule has 1 saturated carbocycles. The standard InChI is InChI=1S/C31H36N8O9/c1-6-47-27(46)15-10-48-28(37-15)36-9-13-7-16(38(2)3)14-8-29(34)11-31(35)23(39(4)5)22(42)18(26(33)45)24(43)30(31,12-32)25(44)19(29)21(41)17(14)20(13)40/h7,10,23,40-41,43H,6,8-9,11,34-35H2,1-5H3,(H2,33,45)(H,36,37)/t23-,29-,30+,31-/m1/s1. The van der Waals surface area contributed by atoms with E-state index in [0.29, 0.717) is 11.3 Å². The second kappa shape index (κ2) is 11.4. The van der Waals surface area contributed by atoms with Crippen LogP contribution < -0.4 is 27.4 Å². The normalized spacial score (nSPS) is 26.4. The summed E-state index contributed by atoms with van der Waals surface area (Å²) in [5.41, 5.74) is 11.7. The van der Waals surface area contributed by atoms with Gasteiger partial charge >= 0.3 is 5.97 Å². The number of carbonyl (C=O) groups excluding carboxylic acids is 4. The Kier molecular flexibility index (Phi) is 8.03. The van der Waals surface area contributed by atoms with Crippen LogP contribution in [0, 0.1) is 16.7 Å². The molecule has 5 rings (SSSR count). The molecule has 0 bridgehead atoms. The molecule has 254 valence electrons. The smallest absolute Gasteiger partial charge is 0.360 e.